The van der Waals surface area contributed by atoms with Gasteiger partial charge in [0.25, 0.3) is 0 Å². The number of nitrogens with one attached hydrogen (secondary N) is 1. The average molecular weight is 424 g/mol. The van der Waals surface area contributed by atoms with Crippen LogP contribution in [0.15, 0.2) is 77.3 Å². The molecule has 0 aliphatic rings. The zero-order chi connectivity index (χ0) is 20.1. The van der Waals surface area contributed by atoms with Gasteiger partial charge in [-0.2, -0.15) is 4.68 Å². The van der Waals surface area contributed by atoms with Crippen LogP contribution in [0.2, 0.25) is 0 Å². The Morgan fingerprint density at radius 3 is 2.62 bits per heavy atom. The van der Waals surface area contributed by atoms with Crippen LogP contribution in [0, 0.1) is 0 Å². The first-order valence-corrected chi connectivity index (χ1v) is 10.7. The second-order valence-corrected chi connectivity index (χ2v) is 8.03. The fourth-order valence-electron chi connectivity index (χ4n) is 2.78. The summed E-state index contributed by atoms with van der Waals surface area (Å²) in [5.74, 6) is 0.223. The van der Waals surface area contributed by atoms with E-state index in [1.807, 2.05) is 47.8 Å². The molecule has 4 aromatic rings. The van der Waals surface area contributed by atoms with E-state index in [0.717, 1.165) is 10.4 Å². The zero-order valence-electron chi connectivity index (χ0n) is 15.2. The Kier molecular flexibility index (Phi) is 5.87. The van der Waals surface area contributed by atoms with E-state index in [-0.39, 0.29) is 23.5 Å². The second-order valence-electron chi connectivity index (χ2n) is 6.10. The lowest BCUT2D eigenvalue weighted by atomic mass is 10.1. The molecule has 1 atom stereocenters. The molecule has 146 valence electrons. The van der Waals surface area contributed by atoms with Crippen molar-refractivity contribution >= 4 is 29.0 Å². The van der Waals surface area contributed by atoms with Crippen molar-refractivity contribution in [3.63, 3.8) is 0 Å². The highest BCUT2D eigenvalue weighted by Gasteiger charge is 2.19. The first-order valence-electron chi connectivity index (χ1n) is 8.79. The smallest absolute Gasteiger partial charge is 0.231 e. The topological polar surface area (TPSA) is 92.9 Å². The van der Waals surface area contributed by atoms with Crippen LogP contribution in [0.3, 0.4) is 0 Å². The summed E-state index contributed by atoms with van der Waals surface area (Å²) in [6.07, 6.45) is 0. The van der Waals surface area contributed by atoms with Crippen LogP contribution in [0.4, 0.5) is 0 Å². The number of phenolic OH excluding ortho intramolecular Hbond substituents is 1. The van der Waals surface area contributed by atoms with E-state index in [9.17, 15) is 9.90 Å². The highest BCUT2D eigenvalue weighted by Crippen LogP contribution is 2.26. The van der Waals surface area contributed by atoms with Crippen LogP contribution in [-0.2, 0) is 4.79 Å². The van der Waals surface area contributed by atoms with Crippen molar-refractivity contribution in [3.8, 4) is 11.4 Å². The number of benzene rings is 2. The fraction of sp³-hybridized carbons (Fsp3) is 0.100. The fourth-order valence-corrected chi connectivity index (χ4v) is 4.28. The second kappa shape index (κ2) is 8.89. The van der Waals surface area contributed by atoms with E-state index in [1.165, 1.54) is 16.4 Å². The molecule has 1 amide bonds. The third-order valence-electron chi connectivity index (χ3n) is 4.13. The van der Waals surface area contributed by atoms with Gasteiger partial charge < -0.3 is 10.4 Å². The van der Waals surface area contributed by atoms with Crippen LogP contribution in [0.1, 0.15) is 16.5 Å². The summed E-state index contributed by atoms with van der Waals surface area (Å²) in [4.78, 5) is 13.7. The predicted octanol–water partition coefficient (Wildman–Crippen LogP) is 3.43. The van der Waals surface area contributed by atoms with E-state index in [2.05, 4.69) is 20.8 Å². The number of aromatic nitrogens is 4. The lowest BCUT2D eigenvalue weighted by Gasteiger charge is -2.18. The summed E-state index contributed by atoms with van der Waals surface area (Å²) in [5, 5.41) is 26.7. The SMILES string of the molecule is O=C(CSc1nnnn1-c1ccc(O)cc1)N[C@H](c1ccccc1)c1cccs1. The number of phenols is 1. The average Bonchev–Trinajstić information content (AvgIpc) is 3.44. The lowest BCUT2D eigenvalue weighted by molar-refractivity contribution is -0.119. The Hall–Kier alpha value is -3.17. The number of nitrogens with zero attached hydrogens (tertiary/aromatic N) is 4. The van der Waals surface area contributed by atoms with Crippen LogP contribution < -0.4 is 5.32 Å². The zero-order valence-corrected chi connectivity index (χ0v) is 16.8. The number of thioether (sulfide) groups is 1. The van der Waals surface area contributed by atoms with E-state index in [0.29, 0.717) is 10.8 Å². The van der Waals surface area contributed by atoms with Crippen molar-refractivity contribution in [2.45, 2.75) is 11.2 Å². The van der Waals surface area contributed by atoms with Crippen LogP contribution in [0.5, 0.6) is 5.75 Å². The molecule has 0 radical (unpaired) electrons. The van der Waals surface area contributed by atoms with E-state index >= 15 is 0 Å². The number of amides is 1. The molecule has 29 heavy (non-hydrogen) atoms. The predicted molar refractivity (Wildman–Crippen MR) is 112 cm³/mol. The van der Waals surface area contributed by atoms with Crippen LogP contribution in [-0.4, -0.2) is 37.0 Å². The molecule has 0 saturated heterocycles. The largest absolute Gasteiger partial charge is 0.508 e. The van der Waals surface area contributed by atoms with Gasteiger partial charge in [-0.3, -0.25) is 4.79 Å². The molecule has 0 unspecified atom stereocenters. The summed E-state index contributed by atoms with van der Waals surface area (Å²) >= 11 is 2.86. The third kappa shape index (κ3) is 4.64. The lowest BCUT2D eigenvalue weighted by Crippen LogP contribution is -2.30. The van der Waals surface area contributed by atoms with Crippen molar-refractivity contribution < 1.29 is 9.90 Å². The molecule has 2 aromatic heterocycles. The molecular weight excluding hydrogens is 406 g/mol. The molecule has 0 aliphatic carbocycles. The Bertz CT molecular complexity index is 1070. The Morgan fingerprint density at radius 2 is 1.90 bits per heavy atom. The summed E-state index contributed by atoms with van der Waals surface area (Å²) < 4.78 is 1.53. The van der Waals surface area contributed by atoms with Gasteiger partial charge in [0.1, 0.15) is 5.75 Å². The number of hydrogen-bond acceptors (Lipinski definition) is 7. The molecule has 0 fully saturated rings. The maximum Gasteiger partial charge on any atom is 0.231 e. The van der Waals surface area contributed by atoms with Gasteiger partial charge in [0, 0.05) is 4.88 Å². The van der Waals surface area contributed by atoms with Gasteiger partial charge in [-0.05, 0) is 51.7 Å². The van der Waals surface area contributed by atoms with Crippen molar-refractivity contribution in [2.24, 2.45) is 0 Å². The molecule has 0 aliphatic heterocycles. The minimum atomic E-state index is -0.197. The first kappa shape index (κ1) is 19.2. The van der Waals surface area contributed by atoms with Crippen LogP contribution >= 0.6 is 23.1 Å². The molecular formula is C20H17N5O2S2. The Morgan fingerprint density at radius 1 is 1.10 bits per heavy atom. The molecule has 4 rings (SSSR count). The summed E-state index contributed by atoms with van der Waals surface area (Å²) in [5.41, 5.74) is 1.73. The van der Waals surface area contributed by atoms with Gasteiger partial charge >= 0.3 is 0 Å². The molecule has 2 aromatic carbocycles. The van der Waals surface area contributed by atoms with E-state index < -0.39 is 0 Å². The van der Waals surface area contributed by atoms with Gasteiger partial charge in [-0.1, -0.05) is 48.2 Å². The molecule has 7 nitrogen and oxygen atoms in total. The molecule has 0 saturated carbocycles. The number of aromatic hydroxyl groups is 1. The van der Waals surface area contributed by atoms with Gasteiger partial charge in [-0.25, -0.2) is 0 Å². The maximum absolute atomic E-state index is 12.7. The van der Waals surface area contributed by atoms with Crippen molar-refractivity contribution in [2.75, 3.05) is 5.75 Å². The standard InChI is InChI=1S/C20H17N5O2S2/c26-16-10-8-15(9-11-16)25-20(22-23-24-25)29-13-18(27)21-19(17-7-4-12-28-17)14-5-2-1-3-6-14/h1-12,19,26H,13H2,(H,21,27)/t19-/m1/s1. The van der Waals surface area contributed by atoms with Gasteiger partial charge in [0.15, 0.2) is 0 Å². The van der Waals surface area contributed by atoms with Gasteiger partial charge in [0.05, 0.1) is 17.5 Å². The molecule has 0 bridgehead atoms. The molecule has 2 heterocycles. The monoisotopic (exact) mass is 423 g/mol. The summed E-state index contributed by atoms with van der Waals surface area (Å²) in [6.45, 7) is 0. The number of carbonyl (C=O) groups is 1. The summed E-state index contributed by atoms with van der Waals surface area (Å²) in [7, 11) is 0. The van der Waals surface area contributed by atoms with Gasteiger partial charge in [0.2, 0.25) is 11.1 Å². The van der Waals surface area contributed by atoms with Crippen LogP contribution in [0.25, 0.3) is 5.69 Å². The van der Waals surface area contributed by atoms with Crippen molar-refractivity contribution in [3.05, 3.63) is 82.6 Å². The Balaban J connectivity index is 1.45. The van der Waals surface area contributed by atoms with E-state index in [1.54, 1.807) is 35.6 Å². The quantitative estimate of drug-likeness (QED) is 0.443. The van der Waals surface area contributed by atoms with E-state index in [4.69, 9.17) is 0 Å². The summed E-state index contributed by atoms with van der Waals surface area (Å²) in [6, 6.07) is 20.2. The number of tetrazole rings is 1. The molecule has 2 N–H and O–H groups in total. The molecule has 9 heteroatoms. The minimum absolute atomic E-state index is 0.113. The normalized spacial score (nSPS) is 11.9. The minimum Gasteiger partial charge on any atom is -0.508 e. The number of rotatable bonds is 7. The number of thiophene rings is 1. The van der Waals surface area contributed by atoms with Crippen molar-refractivity contribution in [1.29, 1.82) is 0 Å². The maximum atomic E-state index is 12.7. The third-order valence-corrected chi connectivity index (χ3v) is 5.99. The number of hydrogen-bond donors (Lipinski definition) is 2. The van der Waals surface area contributed by atoms with Crippen molar-refractivity contribution in [1.82, 2.24) is 25.5 Å². The first-order chi connectivity index (χ1) is 14.2. The number of carbonyl (C=O) groups excluding carboxylic acids is 1. The highest BCUT2D eigenvalue weighted by atomic mass is 32.2. The Labute approximate surface area is 175 Å². The molecule has 0 spiro atoms. The highest BCUT2D eigenvalue weighted by molar-refractivity contribution is 7.99. The van der Waals surface area contributed by atoms with Gasteiger partial charge in [-0.15, -0.1) is 16.4 Å².